The van der Waals surface area contributed by atoms with Gasteiger partial charge in [0.2, 0.25) is 5.91 Å². The van der Waals surface area contributed by atoms with E-state index in [0.717, 1.165) is 31.6 Å². The van der Waals surface area contributed by atoms with Crippen LogP contribution in [0, 0.1) is 5.92 Å². The number of piperazine rings is 1. The van der Waals surface area contributed by atoms with E-state index in [0.29, 0.717) is 24.3 Å². The highest BCUT2D eigenvalue weighted by atomic mass is 16.3. The van der Waals surface area contributed by atoms with Crippen molar-refractivity contribution in [1.82, 2.24) is 9.88 Å². The average Bonchev–Trinajstić information content (AvgIpc) is 3.11. The fourth-order valence-electron chi connectivity index (χ4n) is 4.95. The molecule has 3 heterocycles. The van der Waals surface area contributed by atoms with E-state index in [1.807, 2.05) is 11.0 Å². The molecule has 172 valence electrons. The molecule has 1 aromatic carbocycles. The highest BCUT2D eigenvalue weighted by molar-refractivity contribution is 5.97. The molecule has 1 unspecified atom stereocenters. The zero-order valence-electron chi connectivity index (χ0n) is 20.0. The van der Waals surface area contributed by atoms with Crippen LogP contribution in [0.3, 0.4) is 0 Å². The fourth-order valence-corrected chi connectivity index (χ4v) is 4.95. The summed E-state index contributed by atoms with van der Waals surface area (Å²) in [5.74, 6) is 0.144. The number of amides is 1. The van der Waals surface area contributed by atoms with Crippen molar-refractivity contribution in [1.29, 1.82) is 0 Å². The standard InChI is InChI=1S/C26H36N4O2/c1-18-16-29(17-19(2)28(18)5)23-9-7-6-8-20(23)14-21-12-13-30(25(21)31)22-10-11-24(27-15-22)26(3,4)32/h6-11,15,18-19,21,32H,12-14,16-17H2,1-5H3/t18-,19+,21?. The van der Waals surface area contributed by atoms with Gasteiger partial charge in [-0.1, -0.05) is 18.2 Å². The number of carbonyl (C=O) groups is 1. The second-order valence-electron chi connectivity index (χ2n) is 10.0. The largest absolute Gasteiger partial charge is 0.384 e. The Bertz CT molecular complexity index is 941. The van der Waals surface area contributed by atoms with E-state index in [1.54, 1.807) is 26.1 Å². The van der Waals surface area contributed by atoms with E-state index in [-0.39, 0.29) is 11.8 Å². The molecule has 32 heavy (non-hydrogen) atoms. The van der Waals surface area contributed by atoms with Crippen LogP contribution < -0.4 is 9.80 Å². The third kappa shape index (κ3) is 4.52. The number of pyridine rings is 1. The number of hydrogen-bond acceptors (Lipinski definition) is 5. The van der Waals surface area contributed by atoms with Crippen molar-refractivity contribution < 1.29 is 9.90 Å². The maximum Gasteiger partial charge on any atom is 0.230 e. The molecule has 2 saturated heterocycles. The van der Waals surface area contributed by atoms with E-state index >= 15 is 0 Å². The summed E-state index contributed by atoms with van der Waals surface area (Å²) in [4.78, 5) is 24.4. The van der Waals surface area contributed by atoms with Crippen LogP contribution in [0.2, 0.25) is 0 Å². The summed E-state index contributed by atoms with van der Waals surface area (Å²) in [6, 6.07) is 13.3. The quantitative estimate of drug-likeness (QED) is 0.778. The van der Waals surface area contributed by atoms with Crippen LogP contribution in [0.15, 0.2) is 42.6 Å². The Morgan fingerprint density at radius 2 is 1.78 bits per heavy atom. The van der Waals surface area contributed by atoms with Crippen molar-refractivity contribution in [2.24, 2.45) is 5.92 Å². The molecule has 2 aliphatic heterocycles. The normalized spacial score (nSPS) is 24.9. The predicted molar refractivity (Wildman–Crippen MR) is 129 cm³/mol. The lowest BCUT2D eigenvalue weighted by atomic mass is 9.95. The molecule has 0 spiro atoms. The molecule has 0 aliphatic carbocycles. The molecule has 2 aromatic rings. The van der Waals surface area contributed by atoms with Gasteiger partial charge >= 0.3 is 0 Å². The fraction of sp³-hybridized carbons (Fsp3) is 0.538. The minimum atomic E-state index is -0.988. The molecule has 1 aromatic heterocycles. The topological polar surface area (TPSA) is 59.9 Å². The van der Waals surface area contributed by atoms with Crippen molar-refractivity contribution in [2.45, 2.75) is 58.2 Å². The highest BCUT2D eigenvalue weighted by Gasteiger charge is 2.34. The van der Waals surface area contributed by atoms with Crippen LogP contribution in [0.4, 0.5) is 11.4 Å². The van der Waals surface area contributed by atoms with Crippen molar-refractivity contribution in [3.05, 3.63) is 53.9 Å². The number of nitrogens with zero attached hydrogens (tertiary/aromatic N) is 4. The highest BCUT2D eigenvalue weighted by Crippen LogP contribution is 2.32. The van der Waals surface area contributed by atoms with Gasteiger partial charge in [-0.05, 0) is 71.3 Å². The third-order valence-electron chi connectivity index (χ3n) is 7.16. The number of likely N-dealkylation sites (N-methyl/N-ethyl adjacent to an activating group) is 1. The maximum absolute atomic E-state index is 13.3. The number of benzene rings is 1. The van der Waals surface area contributed by atoms with Gasteiger partial charge in [-0.15, -0.1) is 0 Å². The smallest absolute Gasteiger partial charge is 0.230 e. The lowest BCUT2D eigenvalue weighted by molar-refractivity contribution is -0.120. The number of para-hydroxylation sites is 1. The average molecular weight is 437 g/mol. The molecule has 6 nitrogen and oxygen atoms in total. The van der Waals surface area contributed by atoms with Crippen LogP contribution in [-0.4, -0.2) is 59.7 Å². The molecule has 0 bridgehead atoms. The van der Waals surface area contributed by atoms with Gasteiger partial charge in [0, 0.05) is 43.3 Å². The zero-order valence-corrected chi connectivity index (χ0v) is 20.0. The summed E-state index contributed by atoms with van der Waals surface area (Å²) in [5.41, 5.74) is 2.95. The van der Waals surface area contributed by atoms with Gasteiger partial charge in [-0.25, -0.2) is 0 Å². The number of aromatic nitrogens is 1. The number of aliphatic hydroxyl groups is 1. The molecule has 0 saturated carbocycles. The predicted octanol–water partition coefficient (Wildman–Crippen LogP) is 3.43. The first kappa shape index (κ1) is 22.7. The van der Waals surface area contributed by atoms with E-state index in [9.17, 15) is 9.90 Å². The molecule has 2 fully saturated rings. The minimum absolute atomic E-state index is 0.0209. The summed E-state index contributed by atoms with van der Waals surface area (Å²) in [5, 5.41) is 10.1. The second kappa shape index (κ2) is 8.83. The number of anilines is 2. The summed E-state index contributed by atoms with van der Waals surface area (Å²) in [6.45, 7) is 10.7. The lowest BCUT2D eigenvalue weighted by Gasteiger charge is -2.44. The Morgan fingerprint density at radius 1 is 1.09 bits per heavy atom. The van der Waals surface area contributed by atoms with Crippen molar-refractivity contribution in [3.8, 4) is 0 Å². The van der Waals surface area contributed by atoms with Crippen molar-refractivity contribution in [2.75, 3.05) is 36.5 Å². The molecular formula is C26H36N4O2. The Hall–Kier alpha value is -2.44. The van der Waals surface area contributed by atoms with Gasteiger partial charge in [0.1, 0.15) is 5.60 Å². The van der Waals surface area contributed by atoms with E-state index in [1.165, 1.54) is 11.3 Å². The van der Waals surface area contributed by atoms with Gasteiger partial charge in [-0.3, -0.25) is 14.7 Å². The first-order chi connectivity index (χ1) is 15.1. The third-order valence-corrected chi connectivity index (χ3v) is 7.16. The van der Waals surface area contributed by atoms with Gasteiger partial charge in [0.15, 0.2) is 0 Å². The molecule has 6 heteroatoms. The molecule has 3 atom stereocenters. The molecule has 4 rings (SSSR count). The SMILES string of the molecule is C[C@@H]1CN(c2ccccc2CC2CCN(c3ccc(C(C)(C)O)nc3)C2=O)C[C@H](C)N1C. The van der Waals surface area contributed by atoms with E-state index < -0.39 is 5.60 Å². The molecule has 0 radical (unpaired) electrons. The number of carbonyl (C=O) groups excluding carboxylic acids is 1. The monoisotopic (exact) mass is 436 g/mol. The Morgan fingerprint density at radius 3 is 2.41 bits per heavy atom. The van der Waals surface area contributed by atoms with Gasteiger partial charge in [0.05, 0.1) is 17.6 Å². The lowest BCUT2D eigenvalue weighted by Crippen LogP contribution is -2.55. The number of rotatable bonds is 5. The maximum atomic E-state index is 13.3. The molecule has 2 aliphatic rings. The van der Waals surface area contributed by atoms with Crippen LogP contribution in [-0.2, 0) is 16.8 Å². The Balaban J connectivity index is 1.48. The van der Waals surface area contributed by atoms with Gasteiger partial charge in [-0.2, -0.15) is 0 Å². The summed E-state index contributed by atoms with van der Waals surface area (Å²) < 4.78 is 0. The van der Waals surface area contributed by atoms with Crippen LogP contribution >= 0.6 is 0 Å². The zero-order chi connectivity index (χ0) is 23.0. The van der Waals surface area contributed by atoms with Crippen molar-refractivity contribution >= 4 is 17.3 Å². The van der Waals surface area contributed by atoms with E-state index in [4.69, 9.17) is 0 Å². The summed E-state index contributed by atoms with van der Waals surface area (Å²) in [7, 11) is 2.20. The Labute approximate surface area is 191 Å². The van der Waals surface area contributed by atoms with E-state index in [2.05, 4.69) is 59.9 Å². The minimum Gasteiger partial charge on any atom is -0.384 e. The second-order valence-corrected chi connectivity index (χ2v) is 10.0. The Kier molecular flexibility index (Phi) is 6.28. The van der Waals surface area contributed by atoms with Crippen LogP contribution in [0.25, 0.3) is 0 Å². The molecule has 1 N–H and O–H groups in total. The van der Waals surface area contributed by atoms with Crippen LogP contribution in [0.1, 0.15) is 45.4 Å². The van der Waals surface area contributed by atoms with Gasteiger partial charge < -0.3 is 14.9 Å². The molecule has 1 amide bonds. The van der Waals surface area contributed by atoms with Crippen LogP contribution in [0.5, 0.6) is 0 Å². The summed E-state index contributed by atoms with van der Waals surface area (Å²) in [6.07, 6.45) is 3.31. The number of hydrogen-bond donors (Lipinski definition) is 1. The first-order valence-electron chi connectivity index (χ1n) is 11.7. The molecular weight excluding hydrogens is 400 g/mol. The van der Waals surface area contributed by atoms with Gasteiger partial charge in [0.25, 0.3) is 0 Å². The first-order valence-corrected chi connectivity index (χ1v) is 11.7. The summed E-state index contributed by atoms with van der Waals surface area (Å²) >= 11 is 0. The van der Waals surface area contributed by atoms with Crippen molar-refractivity contribution in [3.63, 3.8) is 0 Å².